The van der Waals surface area contributed by atoms with Crippen molar-refractivity contribution in [2.45, 2.75) is 75.5 Å². The summed E-state index contributed by atoms with van der Waals surface area (Å²) < 4.78 is 0. The van der Waals surface area contributed by atoms with Crippen molar-refractivity contribution >= 4 is 40.7 Å². The summed E-state index contributed by atoms with van der Waals surface area (Å²) in [5.74, 6) is 1.76. The maximum absolute atomic E-state index is 11.6. The number of benzene rings is 1. The van der Waals surface area contributed by atoms with Gasteiger partial charge in [-0.25, -0.2) is 9.97 Å². The van der Waals surface area contributed by atoms with Crippen molar-refractivity contribution in [3.63, 3.8) is 0 Å². The van der Waals surface area contributed by atoms with Gasteiger partial charge in [0.15, 0.2) is 5.16 Å². The molecule has 0 saturated carbocycles. The number of piperidine rings is 1. The number of nitrogens with zero attached hydrogens (tertiary/aromatic N) is 3. The predicted octanol–water partition coefficient (Wildman–Crippen LogP) is 4.58. The Hall–Kier alpha value is -3.11. The molecule has 0 aliphatic carbocycles. The summed E-state index contributed by atoms with van der Waals surface area (Å²) in [4.78, 5) is 24.4. The van der Waals surface area contributed by atoms with Crippen molar-refractivity contribution in [2.24, 2.45) is 5.73 Å². The lowest BCUT2D eigenvalue weighted by molar-refractivity contribution is -0.115. The van der Waals surface area contributed by atoms with E-state index in [9.17, 15) is 4.79 Å². The van der Waals surface area contributed by atoms with Crippen LogP contribution in [0.3, 0.4) is 0 Å². The maximum atomic E-state index is 11.6. The van der Waals surface area contributed by atoms with Crippen LogP contribution in [-0.2, 0) is 4.79 Å². The lowest BCUT2D eigenvalue weighted by Crippen LogP contribution is -2.49. The third-order valence-corrected chi connectivity index (χ3v) is 6.33. The van der Waals surface area contributed by atoms with Gasteiger partial charge in [0.2, 0.25) is 5.91 Å². The number of rotatable bonds is 9. The minimum Gasteiger partial charge on any atom is -0.385 e. The average Bonchev–Trinajstić information content (AvgIpc) is 2.79. The van der Waals surface area contributed by atoms with Gasteiger partial charge >= 0.3 is 0 Å². The Morgan fingerprint density at radius 2 is 1.86 bits per heavy atom. The second-order valence-electron chi connectivity index (χ2n) is 9.99. The molecule has 194 valence electrons. The molecule has 36 heavy (non-hydrogen) atoms. The molecule has 0 unspecified atom stereocenters. The lowest BCUT2D eigenvalue weighted by Gasteiger charge is -2.36. The molecule has 0 radical (unpaired) electrons. The van der Waals surface area contributed by atoms with E-state index in [1.54, 1.807) is 13.0 Å². The Bertz CT molecular complexity index is 1090. The summed E-state index contributed by atoms with van der Waals surface area (Å²) in [6.45, 7) is 11.9. The molecular weight excluding hydrogens is 472 g/mol. The Morgan fingerprint density at radius 3 is 2.44 bits per heavy atom. The number of amides is 1. The predicted molar refractivity (Wildman–Crippen MR) is 149 cm³/mol. The molecule has 2 heterocycles. The molecule has 1 amide bonds. The minimum absolute atomic E-state index is 0.0190. The molecule has 1 aromatic carbocycles. The molecule has 6 N–H and O–H groups in total. The van der Waals surface area contributed by atoms with Crippen LogP contribution >= 0.6 is 11.8 Å². The average molecular weight is 511 g/mol. The monoisotopic (exact) mass is 510 g/mol. The summed E-state index contributed by atoms with van der Waals surface area (Å²) in [6, 6.07) is 10.0. The lowest BCUT2D eigenvalue weighted by atomic mass is 10.00. The fourth-order valence-electron chi connectivity index (χ4n) is 3.93. The van der Waals surface area contributed by atoms with Crippen LogP contribution < -0.4 is 26.6 Å². The topological polar surface area (TPSA) is 132 Å². The second-order valence-corrected chi connectivity index (χ2v) is 11.0. The van der Waals surface area contributed by atoms with E-state index in [-0.39, 0.29) is 11.4 Å². The zero-order valence-electron chi connectivity index (χ0n) is 21.8. The minimum atomic E-state index is -0.0190. The Balaban J connectivity index is 1.80. The standard InChI is InChI=1S/C26H38N8OS/c1-6-24(35)29-18-7-9-20(10-8-18)36-25-31-22(30-21(28)15-17(2)27)16-23(32-25)34-13-11-19(12-14-34)33-26(3,4)5/h7-10,15-16,19,27,33H,6,11-14,28H2,1-5H3,(H,29,35)(H,30,31,32)/b21-15+,27-17?. The molecule has 0 atom stereocenters. The van der Waals surface area contributed by atoms with Crippen molar-refractivity contribution in [3.8, 4) is 0 Å². The van der Waals surface area contributed by atoms with Crippen LogP contribution in [0.4, 0.5) is 17.3 Å². The maximum Gasteiger partial charge on any atom is 0.224 e. The molecule has 1 fully saturated rings. The molecule has 1 aliphatic rings. The number of carbonyl (C=O) groups excluding carboxylic acids is 1. The van der Waals surface area contributed by atoms with Gasteiger partial charge in [-0.1, -0.05) is 6.92 Å². The first-order chi connectivity index (χ1) is 17.0. The normalized spacial score (nSPS) is 15.0. The first-order valence-electron chi connectivity index (χ1n) is 12.3. The van der Waals surface area contributed by atoms with Gasteiger partial charge in [0, 0.05) is 53.5 Å². The highest BCUT2D eigenvalue weighted by Gasteiger charge is 2.24. The summed E-state index contributed by atoms with van der Waals surface area (Å²) in [5, 5.41) is 17.9. The van der Waals surface area contributed by atoms with Crippen LogP contribution in [0.25, 0.3) is 0 Å². The van der Waals surface area contributed by atoms with Gasteiger partial charge in [0.05, 0.1) is 0 Å². The van der Waals surface area contributed by atoms with Gasteiger partial charge in [0.1, 0.15) is 17.5 Å². The number of carbonyl (C=O) groups is 1. The third kappa shape index (κ3) is 8.83. The summed E-state index contributed by atoms with van der Waals surface area (Å²) in [7, 11) is 0. The van der Waals surface area contributed by atoms with Crippen LogP contribution in [0.1, 0.15) is 53.9 Å². The van der Waals surface area contributed by atoms with Gasteiger partial charge < -0.3 is 32.0 Å². The fourth-order valence-corrected chi connectivity index (χ4v) is 4.69. The highest BCUT2D eigenvalue weighted by Crippen LogP contribution is 2.30. The first-order valence-corrected chi connectivity index (χ1v) is 13.1. The second kappa shape index (κ2) is 12.2. The third-order valence-electron chi connectivity index (χ3n) is 5.46. The van der Waals surface area contributed by atoms with Gasteiger partial charge in [0.25, 0.3) is 0 Å². The number of allylic oxidation sites excluding steroid dienone is 1. The van der Waals surface area contributed by atoms with E-state index in [0.717, 1.165) is 42.3 Å². The fraction of sp³-hybridized carbons (Fsp3) is 0.462. The van der Waals surface area contributed by atoms with E-state index in [2.05, 4.69) is 46.6 Å². The first kappa shape index (κ1) is 27.5. The molecule has 2 aromatic rings. The molecular formula is C26H38N8OS. The van der Waals surface area contributed by atoms with Crippen molar-refractivity contribution in [2.75, 3.05) is 28.6 Å². The van der Waals surface area contributed by atoms with E-state index in [1.165, 1.54) is 11.8 Å². The van der Waals surface area contributed by atoms with Crippen LogP contribution in [0.2, 0.25) is 0 Å². The molecule has 10 heteroatoms. The zero-order valence-corrected chi connectivity index (χ0v) is 22.6. The van der Waals surface area contributed by atoms with E-state index in [4.69, 9.17) is 16.1 Å². The van der Waals surface area contributed by atoms with E-state index >= 15 is 0 Å². The highest BCUT2D eigenvalue weighted by atomic mass is 32.2. The Morgan fingerprint density at radius 1 is 1.19 bits per heavy atom. The Labute approximate surface area is 218 Å². The molecule has 1 aromatic heterocycles. The quantitative estimate of drug-likeness (QED) is 0.245. The molecule has 9 nitrogen and oxygen atoms in total. The van der Waals surface area contributed by atoms with Gasteiger partial charge in [-0.05, 0) is 82.6 Å². The summed E-state index contributed by atoms with van der Waals surface area (Å²) >= 11 is 1.45. The Kier molecular flexibility index (Phi) is 9.33. The summed E-state index contributed by atoms with van der Waals surface area (Å²) in [5.41, 5.74) is 7.27. The number of nitrogens with two attached hydrogens (primary N) is 1. The van der Waals surface area contributed by atoms with Crippen molar-refractivity contribution in [1.82, 2.24) is 15.3 Å². The van der Waals surface area contributed by atoms with Crippen LogP contribution in [0, 0.1) is 5.41 Å². The number of nitrogens with one attached hydrogen (secondary N) is 4. The number of hydrogen-bond donors (Lipinski definition) is 5. The van der Waals surface area contributed by atoms with Crippen LogP contribution in [0.5, 0.6) is 0 Å². The van der Waals surface area contributed by atoms with Crippen molar-refractivity contribution < 1.29 is 4.79 Å². The zero-order chi connectivity index (χ0) is 26.3. The number of anilines is 3. The summed E-state index contributed by atoms with van der Waals surface area (Å²) in [6.07, 6.45) is 4.06. The van der Waals surface area contributed by atoms with E-state index in [1.807, 2.05) is 37.3 Å². The number of aromatic nitrogens is 2. The van der Waals surface area contributed by atoms with Crippen LogP contribution in [0.15, 0.2) is 52.3 Å². The van der Waals surface area contributed by atoms with Crippen LogP contribution in [-0.4, -0.2) is 46.3 Å². The largest absolute Gasteiger partial charge is 0.385 e. The smallest absolute Gasteiger partial charge is 0.224 e. The highest BCUT2D eigenvalue weighted by molar-refractivity contribution is 7.99. The van der Waals surface area contributed by atoms with Gasteiger partial charge in [-0.2, -0.15) is 0 Å². The molecule has 3 rings (SSSR count). The van der Waals surface area contributed by atoms with E-state index < -0.39 is 0 Å². The van der Waals surface area contributed by atoms with E-state index in [0.29, 0.717) is 35.0 Å². The molecule has 0 spiro atoms. The number of hydrogen-bond acceptors (Lipinski definition) is 9. The van der Waals surface area contributed by atoms with Gasteiger partial charge in [-0.3, -0.25) is 4.79 Å². The molecule has 1 saturated heterocycles. The van der Waals surface area contributed by atoms with Crippen molar-refractivity contribution in [3.05, 3.63) is 42.2 Å². The van der Waals surface area contributed by atoms with Crippen molar-refractivity contribution in [1.29, 1.82) is 5.41 Å². The molecule has 0 bridgehead atoms. The molecule has 1 aliphatic heterocycles. The van der Waals surface area contributed by atoms with Gasteiger partial charge in [-0.15, -0.1) is 0 Å². The SMILES string of the molecule is CCC(=O)Nc1ccc(Sc2nc(N/C(N)=C/C(C)=N)cc(N3CCC(NC(C)(C)C)CC3)n2)cc1.